The quantitative estimate of drug-likeness (QED) is 0.506. The molecular formula is C9H14N4O3. The van der Waals surface area contributed by atoms with Crippen molar-refractivity contribution in [1.29, 1.82) is 0 Å². The Morgan fingerprint density at radius 2 is 2.38 bits per heavy atom. The fourth-order valence-electron chi connectivity index (χ4n) is 1.12. The van der Waals surface area contributed by atoms with Crippen molar-refractivity contribution in [2.45, 2.75) is 25.4 Å². The molecule has 1 rings (SSSR count). The van der Waals surface area contributed by atoms with Crippen molar-refractivity contribution in [2.75, 3.05) is 0 Å². The van der Waals surface area contributed by atoms with Gasteiger partial charge in [-0.2, -0.15) is 0 Å². The largest absolute Gasteiger partial charge is 0.480 e. The van der Waals surface area contributed by atoms with Crippen LogP contribution in [0.15, 0.2) is 12.5 Å². The lowest BCUT2D eigenvalue weighted by Gasteiger charge is -2.15. The van der Waals surface area contributed by atoms with Gasteiger partial charge in [-0.25, -0.2) is 9.78 Å². The highest BCUT2D eigenvalue weighted by atomic mass is 16.4. The average molecular weight is 226 g/mol. The van der Waals surface area contributed by atoms with Gasteiger partial charge in [-0.1, -0.05) is 0 Å². The zero-order valence-electron chi connectivity index (χ0n) is 8.80. The Balaban J connectivity index is 2.62. The second kappa shape index (κ2) is 5.26. The molecule has 7 heteroatoms. The van der Waals surface area contributed by atoms with Gasteiger partial charge < -0.3 is 21.1 Å². The van der Waals surface area contributed by atoms with Crippen LogP contribution in [0.1, 0.15) is 12.6 Å². The molecule has 0 bridgehead atoms. The molecule has 1 aromatic rings. The molecule has 0 radical (unpaired) electrons. The number of hydrogen-bond acceptors (Lipinski definition) is 4. The first-order chi connectivity index (χ1) is 7.50. The predicted molar refractivity (Wildman–Crippen MR) is 55.5 cm³/mol. The molecule has 0 saturated heterocycles. The van der Waals surface area contributed by atoms with Gasteiger partial charge in [0.25, 0.3) is 0 Å². The lowest BCUT2D eigenvalue weighted by molar-refractivity contribution is -0.141. The Labute approximate surface area is 92.1 Å². The van der Waals surface area contributed by atoms with Gasteiger partial charge in [0.1, 0.15) is 6.04 Å². The van der Waals surface area contributed by atoms with Crippen LogP contribution < -0.4 is 11.1 Å². The second-order valence-electron chi connectivity index (χ2n) is 3.47. The van der Waals surface area contributed by atoms with Crippen LogP contribution in [0.2, 0.25) is 0 Å². The number of carbonyl (C=O) groups is 2. The van der Waals surface area contributed by atoms with E-state index in [1.165, 1.54) is 19.4 Å². The molecule has 0 aromatic carbocycles. The van der Waals surface area contributed by atoms with Crippen molar-refractivity contribution >= 4 is 11.9 Å². The van der Waals surface area contributed by atoms with Crippen LogP contribution in [-0.2, 0) is 16.0 Å². The summed E-state index contributed by atoms with van der Waals surface area (Å²) in [7, 11) is 0. The molecule has 88 valence electrons. The lowest BCUT2D eigenvalue weighted by Crippen LogP contribution is -2.48. The van der Waals surface area contributed by atoms with E-state index in [9.17, 15) is 9.59 Å². The van der Waals surface area contributed by atoms with Crippen molar-refractivity contribution in [2.24, 2.45) is 5.73 Å². The molecule has 0 aliphatic heterocycles. The normalized spacial score (nSPS) is 14.1. The highest BCUT2D eigenvalue weighted by molar-refractivity contribution is 5.86. The minimum Gasteiger partial charge on any atom is -0.480 e. The summed E-state index contributed by atoms with van der Waals surface area (Å²) in [6.07, 6.45) is 3.10. The zero-order valence-corrected chi connectivity index (χ0v) is 8.80. The van der Waals surface area contributed by atoms with Gasteiger partial charge in [-0.3, -0.25) is 4.79 Å². The maximum Gasteiger partial charge on any atom is 0.326 e. The van der Waals surface area contributed by atoms with E-state index in [1.54, 1.807) is 0 Å². The number of carboxylic acid groups (broad SMARTS) is 1. The number of aromatic amines is 1. The molecule has 0 spiro atoms. The summed E-state index contributed by atoms with van der Waals surface area (Å²) in [6, 6.07) is -1.73. The van der Waals surface area contributed by atoms with Gasteiger partial charge in [0.15, 0.2) is 0 Å². The first-order valence-corrected chi connectivity index (χ1v) is 4.76. The van der Waals surface area contributed by atoms with Crippen LogP contribution in [0.5, 0.6) is 0 Å². The third kappa shape index (κ3) is 3.35. The summed E-state index contributed by atoms with van der Waals surface area (Å²) < 4.78 is 0. The van der Waals surface area contributed by atoms with Crippen molar-refractivity contribution in [3.05, 3.63) is 18.2 Å². The van der Waals surface area contributed by atoms with Crippen LogP contribution in [0.3, 0.4) is 0 Å². The summed E-state index contributed by atoms with van der Waals surface area (Å²) in [5.74, 6) is -1.60. The lowest BCUT2D eigenvalue weighted by atomic mass is 10.1. The first kappa shape index (κ1) is 12.2. The second-order valence-corrected chi connectivity index (χ2v) is 3.47. The van der Waals surface area contributed by atoms with Gasteiger partial charge in [0, 0.05) is 18.3 Å². The van der Waals surface area contributed by atoms with Crippen molar-refractivity contribution in [1.82, 2.24) is 15.3 Å². The van der Waals surface area contributed by atoms with E-state index in [4.69, 9.17) is 10.8 Å². The average Bonchev–Trinajstić information content (AvgIpc) is 2.68. The molecule has 0 aliphatic rings. The van der Waals surface area contributed by atoms with Crippen LogP contribution in [-0.4, -0.2) is 39.0 Å². The highest BCUT2D eigenvalue weighted by Crippen LogP contribution is 1.99. The minimum absolute atomic E-state index is 0.147. The number of hydrogen-bond donors (Lipinski definition) is 4. The van der Waals surface area contributed by atoms with Crippen molar-refractivity contribution in [3.63, 3.8) is 0 Å². The number of carboxylic acids is 1. The van der Waals surface area contributed by atoms with Gasteiger partial charge in [-0.15, -0.1) is 0 Å². The summed E-state index contributed by atoms with van der Waals surface area (Å²) in [5, 5.41) is 11.3. The SMILES string of the molecule is C[C@H](N)C(=O)NC(Cc1cnc[nH]1)C(=O)O. The van der Waals surface area contributed by atoms with Crippen molar-refractivity contribution in [3.8, 4) is 0 Å². The van der Waals surface area contributed by atoms with E-state index < -0.39 is 24.0 Å². The number of nitrogens with one attached hydrogen (secondary N) is 2. The van der Waals surface area contributed by atoms with Gasteiger partial charge >= 0.3 is 5.97 Å². The molecule has 1 amide bonds. The number of aromatic nitrogens is 2. The number of H-pyrrole nitrogens is 1. The predicted octanol–water partition coefficient (Wildman–Crippen LogP) is -1.13. The highest BCUT2D eigenvalue weighted by Gasteiger charge is 2.22. The number of carbonyl (C=O) groups excluding carboxylic acids is 1. The summed E-state index contributed by atoms with van der Waals surface area (Å²) in [4.78, 5) is 28.7. The maximum atomic E-state index is 11.3. The number of nitrogens with zero attached hydrogens (tertiary/aromatic N) is 1. The molecule has 1 aromatic heterocycles. The van der Waals surface area contributed by atoms with E-state index in [1.807, 2.05) is 0 Å². The van der Waals surface area contributed by atoms with E-state index in [2.05, 4.69) is 15.3 Å². The van der Waals surface area contributed by atoms with Gasteiger partial charge in [-0.05, 0) is 6.92 Å². The smallest absolute Gasteiger partial charge is 0.326 e. The molecule has 7 nitrogen and oxygen atoms in total. The summed E-state index contributed by atoms with van der Waals surface area (Å²) in [6.45, 7) is 1.49. The molecule has 16 heavy (non-hydrogen) atoms. The van der Waals surface area contributed by atoms with Gasteiger partial charge in [0.2, 0.25) is 5.91 Å². The Kier molecular flexibility index (Phi) is 4.01. The summed E-state index contributed by atoms with van der Waals surface area (Å²) in [5.41, 5.74) is 5.97. The first-order valence-electron chi connectivity index (χ1n) is 4.76. The maximum absolute atomic E-state index is 11.3. The molecule has 2 atom stereocenters. The monoisotopic (exact) mass is 226 g/mol. The molecular weight excluding hydrogens is 212 g/mol. The van der Waals surface area contributed by atoms with Crippen LogP contribution >= 0.6 is 0 Å². The topological polar surface area (TPSA) is 121 Å². The Morgan fingerprint density at radius 3 is 2.81 bits per heavy atom. The van der Waals surface area contributed by atoms with Crippen LogP contribution in [0.4, 0.5) is 0 Å². The molecule has 5 N–H and O–H groups in total. The molecule has 0 fully saturated rings. The number of nitrogens with two attached hydrogens (primary N) is 1. The zero-order chi connectivity index (χ0) is 12.1. The Hall–Kier alpha value is -1.89. The van der Waals surface area contributed by atoms with Gasteiger partial charge in [0.05, 0.1) is 12.4 Å². The minimum atomic E-state index is -1.11. The van der Waals surface area contributed by atoms with Crippen molar-refractivity contribution < 1.29 is 14.7 Å². The standard InChI is InChI=1S/C9H14N4O3/c1-5(10)8(14)13-7(9(15)16)2-6-3-11-4-12-6/h3-5,7H,2,10H2,1H3,(H,11,12)(H,13,14)(H,15,16)/t5-,7?/m0/s1. The van der Waals surface area contributed by atoms with E-state index >= 15 is 0 Å². The molecule has 0 aliphatic carbocycles. The number of aliphatic carboxylic acids is 1. The number of amides is 1. The fraction of sp³-hybridized carbons (Fsp3) is 0.444. The molecule has 1 unspecified atom stereocenters. The molecule has 1 heterocycles. The third-order valence-electron chi connectivity index (χ3n) is 2.01. The fourth-order valence-corrected chi connectivity index (χ4v) is 1.12. The Morgan fingerprint density at radius 1 is 1.69 bits per heavy atom. The number of rotatable bonds is 5. The third-order valence-corrected chi connectivity index (χ3v) is 2.01. The van der Waals surface area contributed by atoms with E-state index in [-0.39, 0.29) is 6.42 Å². The van der Waals surface area contributed by atoms with E-state index in [0.29, 0.717) is 5.69 Å². The Bertz CT molecular complexity index is 361. The number of imidazole rings is 1. The molecule has 0 saturated carbocycles. The summed E-state index contributed by atoms with van der Waals surface area (Å²) >= 11 is 0. The van der Waals surface area contributed by atoms with E-state index in [0.717, 1.165) is 0 Å². The van der Waals surface area contributed by atoms with Crippen LogP contribution in [0, 0.1) is 0 Å². The van der Waals surface area contributed by atoms with Crippen LogP contribution in [0.25, 0.3) is 0 Å².